The Kier molecular flexibility index (Phi) is 4.94. The molecule has 1 fully saturated rings. The van der Waals surface area contributed by atoms with Crippen LogP contribution in [0.1, 0.15) is 33.6 Å². The van der Waals surface area contributed by atoms with Crippen molar-refractivity contribution in [3.8, 4) is 0 Å². The van der Waals surface area contributed by atoms with E-state index in [1.165, 1.54) is 0 Å². The monoisotopic (exact) mass is 363 g/mol. The number of aromatic nitrogens is 3. The fourth-order valence-corrected chi connectivity index (χ4v) is 3.02. The van der Waals surface area contributed by atoms with Crippen LogP contribution in [0.3, 0.4) is 0 Å². The van der Waals surface area contributed by atoms with Gasteiger partial charge in [-0.15, -0.1) is 10.2 Å². The molecule has 2 aromatic rings. The normalized spacial score (nSPS) is 18.2. The van der Waals surface area contributed by atoms with Crippen molar-refractivity contribution in [1.82, 2.24) is 20.1 Å². The Bertz CT molecular complexity index is 777. The van der Waals surface area contributed by atoms with E-state index >= 15 is 0 Å². The molecule has 0 radical (unpaired) electrons. The molecule has 0 aromatic carbocycles. The van der Waals surface area contributed by atoms with Crippen molar-refractivity contribution < 1.29 is 9.53 Å². The van der Waals surface area contributed by atoms with E-state index < -0.39 is 5.60 Å². The Balaban J connectivity index is 1.73. The Morgan fingerprint density at radius 2 is 2.20 bits per heavy atom. The van der Waals surface area contributed by atoms with Crippen LogP contribution in [-0.4, -0.2) is 50.9 Å². The van der Waals surface area contributed by atoms with Gasteiger partial charge in [-0.25, -0.2) is 4.79 Å². The van der Waals surface area contributed by atoms with Crippen LogP contribution in [0.15, 0.2) is 18.3 Å². The molecular formula is C17H22ClN5O2. The second-order valence-electron chi connectivity index (χ2n) is 7.15. The SMILES string of the molecule is CC(C)(C)OC(=O)N1CCC[C@@H](Nc2nnc(Cl)c3cccnc23)C1. The number of nitrogens with one attached hydrogen (secondary N) is 1. The second-order valence-corrected chi connectivity index (χ2v) is 7.51. The number of hydrogen-bond donors (Lipinski definition) is 1. The summed E-state index contributed by atoms with van der Waals surface area (Å²) >= 11 is 6.09. The summed E-state index contributed by atoms with van der Waals surface area (Å²) in [6.07, 6.45) is 3.23. The lowest BCUT2D eigenvalue weighted by atomic mass is 10.1. The summed E-state index contributed by atoms with van der Waals surface area (Å²) in [7, 11) is 0. The van der Waals surface area contributed by atoms with Gasteiger partial charge >= 0.3 is 6.09 Å². The van der Waals surface area contributed by atoms with E-state index in [0.29, 0.717) is 29.6 Å². The molecule has 8 heteroatoms. The standard InChI is InChI=1S/C17H22ClN5O2/c1-17(2,3)25-16(24)23-9-5-6-11(10-23)20-15-13-12(7-4-8-19-13)14(18)21-22-15/h4,7-8,11H,5-6,9-10H2,1-3H3,(H,20,22)/t11-/m1/s1. The minimum Gasteiger partial charge on any atom is -0.444 e. The maximum atomic E-state index is 12.3. The summed E-state index contributed by atoms with van der Waals surface area (Å²) in [5.74, 6) is 0.580. The van der Waals surface area contributed by atoms with Gasteiger partial charge in [-0.05, 0) is 45.7 Å². The smallest absolute Gasteiger partial charge is 0.410 e. The molecule has 3 heterocycles. The van der Waals surface area contributed by atoms with Gasteiger partial charge in [0.2, 0.25) is 0 Å². The number of rotatable bonds is 2. The summed E-state index contributed by atoms with van der Waals surface area (Å²) in [4.78, 5) is 18.4. The van der Waals surface area contributed by atoms with Crippen molar-refractivity contribution in [1.29, 1.82) is 0 Å². The first-order valence-corrected chi connectivity index (χ1v) is 8.72. The minimum atomic E-state index is -0.501. The fraction of sp³-hybridized carbons (Fsp3) is 0.529. The quantitative estimate of drug-likeness (QED) is 0.879. The molecule has 7 nitrogen and oxygen atoms in total. The molecule has 1 N–H and O–H groups in total. The molecule has 1 amide bonds. The van der Waals surface area contributed by atoms with Crippen LogP contribution in [0.5, 0.6) is 0 Å². The van der Waals surface area contributed by atoms with Crippen LogP contribution in [0.25, 0.3) is 10.9 Å². The van der Waals surface area contributed by atoms with Gasteiger partial charge in [-0.2, -0.15) is 0 Å². The number of ether oxygens (including phenoxy) is 1. The van der Waals surface area contributed by atoms with Crippen LogP contribution in [-0.2, 0) is 4.74 Å². The molecule has 1 saturated heterocycles. The first kappa shape index (κ1) is 17.7. The predicted octanol–water partition coefficient (Wildman–Crippen LogP) is 3.49. The van der Waals surface area contributed by atoms with E-state index in [4.69, 9.17) is 16.3 Å². The fourth-order valence-electron chi connectivity index (χ4n) is 2.83. The topological polar surface area (TPSA) is 80.2 Å². The lowest BCUT2D eigenvalue weighted by Gasteiger charge is -2.34. The van der Waals surface area contributed by atoms with Gasteiger partial charge in [0, 0.05) is 30.7 Å². The number of piperidine rings is 1. The lowest BCUT2D eigenvalue weighted by Crippen LogP contribution is -2.47. The van der Waals surface area contributed by atoms with Gasteiger partial charge in [0.05, 0.1) is 0 Å². The zero-order valence-corrected chi connectivity index (χ0v) is 15.4. The van der Waals surface area contributed by atoms with Crippen LogP contribution in [0, 0.1) is 0 Å². The van der Waals surface area contributed by atoms with Crippen LogP contribution >= 0.6 is 11.6 Å². The number of pyridine rings is 1. The number of carbonyl (C=O) groups excluding carboxylic acids is 1. The zero-order chi connectivity index (χ0) is 18.0. The molecule has 0 spiro atoms. The van der Waals surface area contributed by atoms with Crippen molar-refractivity contribution >= 4 is 34.4 Å². The molecule has 0 aliphatic carbocycles. The summed E-state index contributed by atoms with van der Waals surface area (Å²) in [6, 6.07) is 3.73. The van der Waals surface area contributed by atoms with Crippen molar-refractivity contribution in [2.75, 3.05) is 18.4 Å². The van der Waals surface area contributed by atoms with Crippen molar-refractivity contribution in [2.24, 2.45) is 0 Å². The third-order valence-electron chi connectivity index (χ3n) is 3.91. The number of fused-ring (bicyclic) bond motifs is 1. The van der Waals surface area contributed by atoms with Crippen molar-refractivity contribution in [2.45, 2.75) is 45.3 Å². The van der Waals surface area contributed by atoms with Gasteiger partial charge in [0.1, 0.15) is 11.1 Å². The number of hydrogen-bond acceptors (Lipinski definition) is 6. The van der Waals surface area contributed by atoms with E-state index in [1.807, 2.05) is 32.9 Å². The molecule has 0 saturated carbocycles. The molecule has 3 rings (SSSR count). The van der Waals surface area contributed by atoms with Gasteiger partial charge in [0.15, 0.2) is 11.0 Å². The highest BCUT2D eigenvalue weighted by atomic mass is 35.5. The third-order valence-corrected chi connectivity index (χ3v) is 4.19. The van der Waals surface area contributed by atoms with Crippen LogP contribution < -0.4 is 5.32 Å². The van der Waals surface area contributed by atoms with Crippen molar-refractivity contribution in [3.05, 3.63) is 23.5 Å². The highest BCUT2D eigenvalue weighted by Crippen LogP contribution is 2.25. The molecule has 2 aromatic heterocycles. The molecule has 134 valence electrons. The Morgan fingerprint density at radius 1 is 1.40 bits per heavy atom. The van der Waals surface area contributed by atoms with Crippen LogP contribution in [0.4, 0.5) is 10.6 Å². The second kappa shape index (κ2) is 7.00. The first-order chi connectivity index (χ1) is 11.8. The van der Waals surface area contributed by atoms with E-state index in [1.54, 1.807) is 11.1 Å². The lowest BCUT2D eigenvalue weighted by molar-refractivity contribution is 0.0206. The first-order valence-electron chi connectivity index (χ1n) is 8.35. The molecule has 25 heavy (non-hydrogen) atoms. The van der Waals surface area contributed by atoms with E-state index in [2.05, 4.69) is 20.5 Å². The predicted molar refractivity (Wildman–Crippen MR) is 96.8 cm³/mol. The molecule has 1 aliphatic rings. The average molecular weight is 364 g/mol. The summed E-state index contributed by atoms with van der Waals surface area (Å²) < 4.78 is 5.46. The largest absolute Gasteiger partial charge is 0.444 e. The number of nitrogens with zero attached hydrogens (tertiary/aromatic N) is 4. The molecular weight excluding hydrogens is 342 g/mol. The summed E-state index contributed by atoms with van der Waals surface area (Å²) in [5, 5.41) is 12.6. The number of carbonyl (C=O) groups is 1. The van der Waals surface area contributed by atoms with E-state index in [0.717, 1.165) is 18.2 Å². The molecule has 1 atom stereocenters. The van der Waals surface area contributed by atoms with Crippen molar-refractivity contribution in [3.63, 3.8) is 0 Å². The zero-order valence-electron chi connectivity index (χ0n) is 14.6. The third kappa shape index (κ3) is 4.28. The highest BCUT2D eigenvalue weighted by molar-refractivity contribution is 6.34. The Morgan fingerprint density at radius 3 is 2.96 bits per heavy atom. The molecule has 0 bridgehead atoms. The number of anilines is 1. The van der Waals surface area contributed by atoms with Crippen LogP contribution in [0.2, 0.25) is 5.15 Å². The summed E-state index contributed by atoms with van der Waals surface area (Å²) in [5.41, 5.74) is 0.177. The van der Waals surface area contributed by atoms with Gasteiger partial charge in [-0.1, -0.05) is 11.6 Å². The average Bonchev–Trinajstić information content (AvgIpc) is 2.56. The summed E-state index contributed by atoms with van der Waals surface area (Å²) in [6.45, 7) is 6.84. The number of amides is 1. The van der Waals surface area contributed by atoms with E-state index in [9.17, 15) is 4.79 Å². The minimum absolute atomic E-state index is 0.0574. The Labute approximate surface area is 151 Å². The van der Waals surface area contributed by atoms with Gasteiger partial charge in [0.25, 0.3) is 0 Å². The number of likely N-dealkylation sites (tertiary alicyclic amines) is 1. The molecule has 0 unspecified atom stereocenters. The van der Waals surface area contributed by atoms with Gasteiger partial charge in [-0.3, -0.25) is 4.98 Å². The number of halogens is 1. The highest BCUT2D eigenvalue weighted by Gasteiger charge is 2.28. The van der Waals surface area contributed by atoms with Gasteiger partial charge < -0.3 is 15.0 Å². The maximum Gasteiger partial charge on any atom is 0.410 e. The van der Waals surface area contributed by atoms with E-state index in [-0.39, 0.29) is 12.1 Å². The maximum absolute atomic E-state index is 12.3. The Hall–Kier alpha value is -2.15. The molecule has 1 aliphatic heterocycles.